The highest BCUT2D eigenvalue weighted by Crippen LogP contribution is 2.35. The largest absolute Gasteiger partial charge is 0.497 e. The molecule has 0 aliphatic heterocycles. The van der Waals surface area contributed by atoms with Crippen LogP contribution in [0.25, 0.3) is 33.1 Å². The van der Waals surface area contributed by atoms with E-state index in [0.29, 0.717) is 5.69 Å². The Morgan fingerprint density at radius 2 is 1.68 bits per heavy atom. The number of pyridine rings is 1. The van der Waals surface area contributed by atoms with Crippen molar-refractivity contribution in [3.8, 4) is 22.8 Å². The number of ether oxygens (including phenoxy) is 3. The van der Waals surface area contributed by atoms with Crippen LogP contribution in [0.5, 0.6) is 11.5 Å². The molecular weight excluding hydrogens is 356 g/mol. The maximum Gasteiger partial charge on any atom is 0.356 e. The van der Waals surface area contributed by atoms with Crippen molar-refractivity contribution in [3.63, 3.8) is 0 Å². The molecule has 0 radical (unpaired) electrons. The average Bonchev–Trinajstić information content (AvgIpc) is 3.11. The Morgan fingerprint density at radius 3 is 2.36 bits per heavy atom. The number of aromatic nitrogens is 2. The van der Waals surface area contributed by atoms with E-state index < -0.39 is 5.97 Å². The van der Waals surface area contributed by atoms with Crippen molar-refractivity contribution < 1.29 is 19.0 Å². The van der Waals surface area contributed by atoms with E-state index in [1.807, 2.05) is 42.5 Å². The van der Waals surface area contributed by atoms with Crippen LogP contribution in [0.15, 0.2) is 48.5 Å². The summed E-state index contributed by atoms with van der Waals surface area (Å²) in [7, 11) is 3.25. The zero-order chi connectivity index (χ0) is 19.7. The van der Waals surface area contributed by atoms with Crippen molar-refractivity contribution in [2.75, 3.05) is 20.8 Å². The molecule has 4 aromatic rings. The highest BCUT2D eigenvalue weighted by atomic mass is 16.5. The molecule has 0 saturated heterocycles. The Kier molecular flexibility index (Phi) is 4.61. The lowest BCUT2D eigenvalue weighted by atomic mass is 10.1. The molecule has 2 aromatic heterocycles. The summed E-state index contributed by atoms with van der Waals surface area (Å²) in [5.41, 5.74) is 3.60. The first-order chi connectivity index (χ1) is 13.6. The number of aromatic amines is 1. The molecule has 2 aromatic carbocycles. The van der Waals surface area contributed by atoms with E-state index in [2.05, 4.69) is 9.97 Å². The zero-order valence-corrected chi connectivity index (χ0v) is 15.9. The molecule has 0 amide bonds. The fourth-order valence-corrected chi connectivity index (χ4v) is 3.27. The lowest BCUT2D eigenvalue weighted by Gasteiger charge is -2.08. The van der Waals surface area contributed by atoms with Gasteiger partial charge in [0, 0.05) is 21.9 Å². The number of carbonyl (C=O) groups excluding carboxylic acids is 1. The minimum absolute atomic E-state index is 0.267. The van der Waals surface area contributed by atoms with Crippen LogP contribution in [0.2, 0.25) is 0 Å². The van der Waals surface area contributed by atoms with Crippen LogP contribution in [0, 0.1) is 0 Å². The van der Waals surface area contributed by atoms with E-state index in [0.717, 1.165) is 38.9 Å². The van der Waals surface area contributed by atoms with Gasteiger partial charge in [-0.25, -0.2) is 9.78 Å². The number of nitrogens with one attached hydrogen (secondary N) is 1. The average molecular weight is 376 g/mol. The second-order valence-electron chi connectivity index (χ2n) is 6.26. The summed E-state index contributed by atoms with van der Waals surface area (Å²) >= 11 is 0. The fourth-order valence-electron chi connectivity index (χ4n) is 3.27. The van der Waals surface area contributed by atoms with Gasteiger partial charge in [0.25, 0.3) is 0 Å². The standard InChI is InChI=1S/C22H20N2O4/c1-4-28-22(25)19-12-17-16-11-15(27-3)9-10-18(16)23-21(17)20(24-19)13-5-7-14(26-2)8-6-13/h5-12,23H,4H2,1-3H3. The third kappa shape index (κ3) is 3.03. The van der Waals surface area contributed by atoms with E-state index in [4.69, 9.17) is 14.2 Å². The van der Waals surface area contributed by atoms with Gasteiger partial charge in [0.05, 0.1) is 32.0 Å². The Bertz CT molecular complexity index is 1160. The van der Waals surface area contributed by atoms with Crippen molar-refractivity contribution in [1.82, 2.24) is 9.97 Å². The number of H-pyrrole nitrogens is 1. The summed E-state index contributed by atoms with van der Waals surface area (Å²) in [5.74, 6) is 1.05. The summed E-state index contributed by atoms with van der Waals surface area (Å²) in [4.78, 5) is 20.4. The maximum absolute atomic E-state index is 12.4. The lowest BCUT2D eigenvalue weighted by Crippen LogP contribution is -2.07. The van der Waals surface area contributed by atoms with Gasteiger partial charge in [-0.05, 0) is 55.5 Å². The number of hydrogen-bond donors (Lipinski definition) is 1. The summed E-state index contributed by atoms with van der Waals surface area (Å²) in [6.45, 7) is 2.06. The Morgan fingerprint density at radius 1 is 0.964 bits per heavy atom. The molecular formula is C22H20N2O4. The highest BCUT2D eigenvalue weighted by molar-refractivity contribution is 6.13. The lowest BCUT2D eigenvalue weighted by molar-refractivity contribution is 0.0520. The number of nitrogens with zero attached hydrogens (tertiary/aromatic N) is 1. The number of rotatable bonds is 5. The third-order valence-corrected chi connectivity index (χ3v) is 4.64. The zero-order valence-electron chi connectivity index (χ0n) is 15.9. The number of methoxy groups -OCH3 is 2. The van der Waals surface area contributed by atoms with Crippen molar-refractivity contribution in [1.29, 1.82) is 0 Å². The van der Waals surface area contributed by atoms with Crippen LogP contribution in [0.3, 0.4) is 0 Å². The summed E-state index contributed by atoms with van der Waals surface area (Å²) in [5, 5.41) is 1.84. The SMILES string of the molecule is CCOC(=O)c1cc2c([nH]c3ccc(OC)cc32)c(-c2ccc(OC)cc2)n1. The van der Waals surface area contributed by atoms with Gasteiger partial charge in [-0.2, -0.15) is 0 Å². The van der Waals surface area contributed by atoms with Gasteiger partial charge < -0.3 is 19.2 Å². The Labute approximate surface area is 162 Å². The van der Waals surface area contributed by atoms with Crippen LogP contribution >= 0.6 is 0 Å². The normalized spacial score (nSPS) is 11.0. The van der Waals surface area contributed by atoms with E-state index in [9.17, 15) is 4.79 Å². The molecule has 0 unspecified atom stereocenters. The van der Waals surface area contributed by atoms with E-state index >= 15 is 0 Å². The van der Waals surface area contributed by atoms with Crippen LogP contribution in [-0.4, -0.2) is 36.8 Å². The fraction of sp³-hybridized carbons (Fsp3) is 0.182. The quantitative estimate of drug-likeness (QED) is 0.516. The molecule has 6 nitrogen and oxygen atoms in total. The first-order valence-electron chi connectivity index (χ1n) is 8.96. The van der Waals surface area contributed by atoms with Gasteiger partial charge in [0.1, 0.15) is 17.2 Å². The second-order valence-corrected chi connectivity index (χ2v) is 6.26. The number of esters is 1. The molecule has 6 heteroatoms. The molecule has 0 aliphatic rings. The predicted octanol–water partition coefficient (Wildman–Crippen LogP) is 4.58. The van der Waals surface area contributed by atoms with Gasteiger partial charge in [-0.3, -0.25) is 0 Å². The molecule has 0 bridgehead atoms. The number of fused-ring (bicyclic) bond motifs is 3. The molecule has 142 valence electrons. The number of carbonyl (C=O) groups is 1. The molecule has 1 N–H and O–H groups in total. The Balaban J connectivity index is 2.01. The summed E-state index contributed by atoms with van der Waals surface area (Å²) < 4.78 is 15.8. The van der Waals surface area contributed by atoms with Gasteiger partial charge in [0.15, 0.2) is 0 Å². The first kappa shape index (κ1) is 17.9. The van der Waals surface area contributed by atoms with Crippen LogP contribution < -0.4 is 9.47 Å². The molecule has 4 rings (SSSR count). The smallest absolute Gasteiger partial charge is 0.356 e. The monoisotopic (exact) mass is 376 g/mol. The van der Waals surface area contributed by atoms with E-state index in [1.54, 1.807) is 27.2 Å². The van der Waals surface area contributed by atoms with Crippen LogP contribution in [-0.2, 0) is 4.74 Å². The topological polar surface area (TPSA) is 73.4 Å². The van der Waals surface area contributed by atoms with Crippen LogP contribution in [0.4, 0.5) is 0 Å². The number of hydrogen-bond acceptors (Lipinski definition) is 5. The minimum atomic E-state index is -0.448. The van der Waals surface area contributed by atoms with Crippen molar-refractivity contribution in [2.24, 2.45) is 0 Å². The van der Waals surface area contributed by atoms with Gasteiger partial charge in [-0.15, -0.1) is 0 Å². The molecule has 0 spiro atoms. The van der Waals surface area contributed by atoms with Crippen molar-refractivity contribution in [2.45, 2.75) is 6.92 Å². The van der Waals surface area contributed by atoms with Gasteiger partial charge in [0.2, 0.25) is 0 Å². The summed E-state index contributed by atoms with van der Waals surface area (Å²) in [6.07, 6.45) is 0. The molecule has 0 atom stereocenters. The number of benzene rings is 2. The molecule has 28 heavy (non-hydrogen) atoms. The summed E-state index contributed by atoms with van der Waals surface area (Å²) in [6, 6.07) is 15.1. The van der Waals surface area contributed by atoms with Crippen molar-refractivity contribution in [3.05, 3.63) is 54.2 Å². The third-order valence-electron chi connectivity index (χ3n) is 4.64. The molecule has 0 saturated carbocycles. The molecule has 2 heterocycles. The maximum atomic E-state index is 12.4. The van der Waals surface area contributed by atoms with Gasteiger partial charge in [-0.1, -0.05) is 0 Å². The van der Waals surface area contributed by atoms with E-state index in [1.165, 1.54) is 0 Å². The Hall–Kier alpha value is -3.54. The van der Waals surface area contributed by atoms with Gasteiger partial charge >= 0.3 is 5.97 Å². The first-order valence-corrected chi connectivity index (χ1v) is 8.96. The van der Waals surface area contributed by atoms with Crippen LogP contribution in [0.1, 0.15) is 17.4 Å². The second kappa shape index (κ2) is 7.23. The molecule has 0 aliphatic carbocycles. The van der Waals surface area contributed by atoms with Crippen molar-refractivity contribution >= 4 is 27.8 Å². The highest BCUT2D eigenvalue weighted by Gasteiger charge is 2.18. The van der Waals surface area contributed by atoms with E-state index in [-0.39, 0.29) is 12.3 Å². The predicted molar refractivity (Wildman–Crippen MR) is 108 cm³/mol. The molecule has 0 fully saturated rings. The minimum Gasteiger partial charge on any atom is -0.497 e.